The Labute approximate surface area is 161 Å². The van der Waals surface area contributed by atoms with Crippen LogP contribution in [0.5, 0.6) is 0 Å². The quantitative estimate of drug-likeness (QED) is 0.821. The van der Waals surface area contributed by atoms with Crippen molar-refractivity contribution >= 4 is 28.9 Å². The van der Waals surface area contributed by atoms with Crippen molar-refractivity contribution in [1.82, 2.24) is 10.3 Å². The van der Waals surface area contributed by atoms with E-state index >= 15 is 0 Å². The van der Waals surface area contributed by atoms with Crippen molar-refractivity contribution in [1.29, 1.82) is 0 Å². The summed E-state index contributed by atoms with van der Waals surface area (Å²) in [4.78, 5) is 27.4. The number of hydrazone groups is 1. The number of rotatable bonds is 3. The normalized spacial score (nSPS) is 18.4. The van der Waals surface area contributed by atoms with E-state index in [0.29, 0.717) is 36.9 Å². The molecule has 2 aromatic rings. The maximum atomic E-state index is 12.8. The lowest BCUT2D eigenvalue weighted by molar-refractivity contribution is 0.0281. The Balaban J connectivity index is 1.58. The molecule has 142 valence electrons. The number of thiophene rings is 1. The monoisotopic (exact) mass is 387 g/mol. The van der Waals surface area contributed by atoms with E-state index < -0.39 is 0 Å². The number of ether oxygens (including phenoxy) is 1. The molecular formula is C19H21N3O4S. The van der Waals surface area contributed by atoms with Gasteiger partial charge in [-0.25, -0.2) is 5.43 Å². The molecule has 1 saturated heterocycles. The lowest BCUT2D eigenvalue weighted by Gasteiger charge is -2.26. The lowest BCUT2D eigenvalue weighted by atomic mass is 9.93. The fraction of sp³-hybridized carbons (Fsp3) is 0.421. The van der Waals surface area contributed by atoms with E-state index in [4.69, 9.17) is 9.15 Å². The molecule has 7 nitrogen and oxygen atoms in total. The van der Waals surface area contributed by atoms with Crippen LogP contribution in [0.1, 0.15) is 50.0 Å². The molecule has 0 atom stereocenters. The Morgan fingerprint density at radius 1 is 1.26 bits per heavy atom. The summed E-state index contributed by atoms with van der Waals surface area (Å²) in [5.41, 5.74) is 5.06. The second kappa shape index (κ2) is 7.66. The van der Waals surface area contributed by atoms with E-state index in [-0.39, 0.29) is 11.8 Å². The van der Waals surface area contributed by atoms with Gasteiger partial charge < -0.3 is 14.1 Å². The maximum absolute atomic E-state index is 12.8. The molecule has 1 aliphatic carbocycles. The standard InChI is InChI=1S/C19H21N3O4S/c1-12-16-13(20-21-18(23)15-6-3-11-27-15)4-2-5-14(16)26-17(12)19(24)22-7-9-25-10-8-22/h3,6,11H,2,4-5,7-10H2,1H3,(H,21,23)/b20-13+. The molecule has 4 rings (SSSR count). The number of carbonyl (C=O) groups is 2. The summed E-state index contributed by atoms with van der Waals surface area (Å²) in [6.07, 6.45) is 2.38. The van der Waals surface area contributed by atoms with Crippen molar-refractivity contribution < 1.29 is 18.7 Å². The maximum Gasteiger partial charge on any atom is 0.290 e. The predicted octanol–water partition coefficient (Wildman–Crippen LogP) is 2.59. The Morgan fingerprint density at radius 3 is 2.81 bits per heavy atom. The lowest BCUT2D eigenvalue weighted by Crippen LogP contribution is -2.40. The van der Waals surface area contributed by atoms with Crippen molar-refractivity contribution in [2.45, 2.75) is 26.2 Å². The van der Waals surface area contributed by atoms with Crippen LogP contribution < -0.4 is 5.43 Å². The average molecular weight is 387 g/mol. The van der Waals surface area contributed by atoms with Gasteiger partial charge in [0.25, 0.3) is 11.8 Å². The van der Waals surface area contributed by atoms with E-state index in [1.807, 2.05) is 18.4 Å². The van der Waals surface area contributed by atoms with Gasteiger partial charge in [-0.1, -0.05) is 6.07 Å². The Hall–Kier alpha value is -2.45. The van der Waals surface area contributed by atoms with Crippen LogP contribution in [0.2, 0.25) is 0 Å². The van der Waals surface area contributed by atoms with E-state index in [2.05, 4.69) is 10.5 Å². The van der Waals surface area contributed by atoms with Crippen LogP contribution in [0, 0.1) is 6.92 Å². The summed E-state index contributed by atoms with van der Waals surface area (Å²) in [6, 6.07) is 3.59. The number of amides is 2. The summed E-state index contributed by atoms with van der Waals surface area (Å²) in [6.45, 7) is 4.13. The Bertz CT molecular complexity index is 879. The first-order valence-electron chi connectivity index (χ1n) is 9.05. The molecule has 2 aliphatic rings. The zero-order chi connectivity index (χ0) is 18.8. The molecule has 0 unspecified atom stereocenters. The van der Waals surface area contributed by atoms with Crippen LogP contribution in [-0.2, 0) is 11.2 Å². The van der Waals surface area contributed by atoms with Gasteiger partial charge in [-0.3, -0.25) is 9.59 Å². The van der Waals surface area contributed by atoms with Crippen LogP contribution in [-0.4, -0.2) is 48.7 Å². The molecule has 0 bridgehead atoms. The van der Waals surface area contributed by atoms with Crippen molar-refractivity contribution in [3.8, 4) is 0 Å². The van der Waals surface area contributed by atoms with E-state index in [1.54, 1.807) is 11.0 Å². The van der Waals surface area contributed by atoms with E-state index in [9.17, 15) is 9.59 Å². The summed E-state index contributed by atoms with van der Waals surface area (Å²) in [7, 11) is 0. The van der Waals surface area contributed by atoms with Crippen LogP contribution >= 0.6 is 11.3 Å². The Morgan fingerprint density at radius 2 is 2.07 bits per heavy atom. The first-order chi connectivity index (χ1) is 13.1. The van der Waals surface area contributed by atoms with Gasteiger partial charge in [-0.05, 0) is 31.2 Å². The van der Waals surface area contributed by atoms with Gasteiger partial charge in [0.15, 0.2) is 5.76 Å². The van der Waals surface area contributed by atoms with Crippen molar-refractivity contribution in [3.63, 3.8) is 0 Å². The summed E-state index contributed by atoms with van der Waals surface area (Å²) in [5.74, 6) is 0.822. The minimum absolute atomic E-state index is 0.104. The summed E-state index contributed by atoms with van der Waals surface area (Å²) in [5, 5.41) is 6.20. The van der Waals surface area contributed by atoms with Crippen molar-refractivity contribution in [2.24, 2.45) is 5.10 Å². The molecular weight excluding hydrogens is 366 g/mol. The summed E-state index contributed by atoms with van der Waals surface area (Å²) >= 11 is 1.37. The first kappa shape index (κ1) is 17.9. The highest BCUT2D eigenvalue weighted by Gasteiger charge is 2.30. The highest BCUT2D eigenvalue weighted by Crippen LogP contribution is 2.30. The molecule has 2 amide bonds. The largest absolute Gasteiger partial charge is 0.455 e. The molecule has 0 spiro atoms. The van der Waals surface area contributed by atoms with Gasteiger partial charge in [-0.2, -0.15) is 5.10 Å². The van der Waals surface area contributed by atoms with Gasteiger partial charge in [0, 0.05) is 30.6 Å². The minimum atomic E-state index is -0.226. The molecule has 0 aromatic carbocycles. The number of furan rings is 1. The zero-order valence-electron chi connectivity index (χ0n) is 15.1. The van der Waals surface area contributed by atoms with Gasteiger partial charge in [0.2, 0.25) is 0 Å². The number of aryl methyl sites for hydroxylation is 1. The second-order valence-electron chi connectivity index (χ2n) is 6.59. The number of nitrogens with one attached hydrogen (secondary N) is 1. The van der Waals surface area contributed by atoms with Gasteiger partial charge in [0.05, 0.1) is 23.8 Å². The highest BCUT2D eigenvalue weighted by atomic mass is 32.1. The third kappa shape index (κ3) is 3.54. The molecule has 0 radical (unpaired) electrons. The molecule has 1 fully saturated rings. The number of morpholine rings is 1. The average Bonchev–Trinajstić information content (AvgIpc) is 3.35. The molecule has 3 heterocycles. The van der Waals surface area contributed by atoms with Gasteiger partial charge >= 0.3 is 0 Å². The topological polar surface area (TPSA) is 84.1 Å². The fourth-order valence-corrected chi connectivity index (χ4v) is 4.09. The smallest absolute Gasteiger partial charge is 0.290 e. The number of hydrogen-bond donors (Lipinski definition) is 1. The van der Waals surface area contributed by atoms with Crippen LogP contribution in [0.3, 0.4) is 0 Å². The third-order valence-corrected chi connectivity index (χ3v) is 5.72. The van der Waals surface area contributed by atoms with Gasteiger partial charge in [-0.15, -0.1) is 11.3 Å². The molecule has 1 N–H and O–H groups in total. The van der Waals surface area contributed by atoms with Gasteiger partial charge in [0.1, 0.15) is 5.76 Å². The first-order valence-corrected chi connectivity index (χ1v) is 9.93. The van der Waals surface area contributed by atoms with Crippen molar-refractivity contribution in [2.75, 3.05) is 26.3 Å². The fourth-order valence-electron chi connectivity index (χ4n) is 3.48. The number of nitrogens with zero attached hydrogens (tertiary/aromatic N) is 2. The minimum Gasteiger partial charge on any atom is -0.455 e. The SMILES string of the molecule is Cc1c(C(=O)N2CCOCC2)oc2c1/C(=N/NC(=O)c1cccs1)CCC2. The molecule has 2 aromatic heterocycles. The number of fused-ring (bicyclic) bond motifs is 1. The number of hydrogen-bond acceptors (Lipinski definition) is 6. The highest BCUT2D eigenvalue weighted by molar-refractivity contribution is 7.12. The molecule has 1 aliphatic heterocycles. The van der Waals surface area contributed by atoms with Crippen LogP contribution in [0.15, 0.2) is 27.0 Å². The van der Waals surface area contributed by atoms with Crippen LogP contribution in [0.25, 0.3) is 0 Å². The Kier molecular flexibility index (Phi) is 5.09. The molecule has 8 heteroatoms. The predicted molar refractivity (Wildman–Crippen MR) is 101 cm³/mol. The molecule has 27 heavy (non-hydrogen) atoms. The van der Waals surface area contributed by atoms with E-state index in [0.717, 1.165) is 41.9 Å². The molecule has 0 saturated carbocycles. The van der Waals surface area contributed by atoms with Crippen LogP contribution in [0.4, 0.5) is 0 Å². The summed E-state index contributed by atoms with van der Waals surface area (Å²) < 4.78 is 11.3. The van der Waals surface area contributed by atoms with E-state index in [1.165, 1.54) is 11.3 Å². The zero-order valence-corrected chi connectivity index (χ0v) is 15.9. The third-order valence-electron chi connectivity index (χ3n) is 4.86. The second-order valence-corrected chi connectivity index (χ2v) is 7.54. The number of carbonyl (C=O) groups excluding carboxylic acids is 2. The van der Waals surface area contributed by atoms with Crippen molar-refractivity contribution in [3.05, 3.63) is 45.0 Å².